The van der Waals surface area contributed by atoms with E-state index in [1.54, 1.807) is 0 Å². The van der Waals surface area contributed by atoms with Gasteiger partial charge in [-0.2, -0.15) is 0 Å². The highest BCUT2D eigenvalue weighted by Crippen LogP contribution is 2.39. The highest BCUT2D eigenvalue weighted by molar-refractivity contribution is 5.25. The lowest BCUT2D eigenvalue weighted by Crippen LogP contribution is -2.54. The van der Waals surface area contributed by atoms with E-state index in [1.165, 1.54) is 37.8 Å². The summed E-state index contributed by atoms with van der Waals surface area (Å²) in [6.45, 7) is 2.34. The van der Waals surface area contributed by atoms with Crippen molar-refractivity contribution in [2.75, 3.05) is 13.1 Å². The molecule has 2 unspecified atom stereocenters. The monoisotopic (exact) mass is 216 g/mol. The molecule has 0 aromatic heterocycles. The van der Waals surface area contributed by atoms with Crippen molar-refractivity contribution in [1.82, 2.24) is 10.6 Å². The Bertz CT molecular complexity index is 341. The topological polar surface area (TPSA) is 24.1 Å². The van der Waals surface area contributed by atoms with Gasteiger partial charge in [-0.15, -0.1) is 0 Å². The summed E-state index contributed by atoms with van der Waals surface area (Å²) in [5.41, 5.74) is 1.77. The molecule has 0 bridgehead atoms. The first-order chi connectivity index (χ1) is 7.91. The van der Waals surface area contributed by atoms with Crippen molar-refractivity contribution in [2.24, 2.45) is 0 Å². The number of piperidine rings is 1. The van der Waals surface area contributed by atoms with Crippen molar-refractivity contribution in [3.63, 3.8) is 0 Å². The highest BCUT2D eigenvalue weighted by Gasteiger charge is 2.42. The lowest BCUT2D eigenvalue weighted by molar-refractivity contribution is 0.204. The molecule has 0 aliphatic carbocycles. The van der Waals surface area contributed by atoms with Crippen molar-refractivity contribution < 1.29 is 0 Å². The second kappa shape index (κ2) is 4.19. The molecule has 1 aromatic rings. The largest absolute Gasteiger partial charge is 0.309 e. The molecule has 0 amide bonds. The van der Waals surface area contributed by atoms with Gasteiger partial charge in [0.15, 0.2) is 0 Å². The maximum atomic E-state index is 3.76. The van der Waals surface area contributed by atoms with Crippen LogP contribution < -0.4 is 10.6 Å². The highest BCUT2D eigenvalue weighted by atomic mass is 15.1. The third-order valence-electron chi connectivity index (χ3n) is 4.11. The van der Waals surface area contributed by atoms with Crippen LogP contribution in [0.3, 0.4) is 0 Å². The Balaban J connectivity index is 1.91. The molecule has 2 fully saturated rings. The second-order valence-corrected chi connectivity index (χ2v) is 5.09. The minimum Gasteiger partial charge on any atom is -0.309 e. The molecule has 1 spiro atoms. The third kappa shape index (κ3) is 1.66. The van der Waals surface area contributed by atoms with Crippen molar-refractivity contribution in [3.8, 4) is 0 Å². The van der Waals surface area contributed by atoms with Crippen LogP contribution in [0.4, 0.5) is 0 Å². The molecular weight excluding hydrogens is 196 g/mol. The first-order valence-corrected chi connectivity index (χ1v) is 6.44. The summed E-state index contributed by atoms with van der Waals surface area (Å²) in [7, 11) is 0. The van der Waals surface area contributed by atoms with Gasteiger partial charge in [0.2, 0.25) is 0 Å². The van der Waals surface area contributed by atoms with E-state index in [1.807, 2.05) is 0 Å². The normalized spacial score (nSPS) is 34.4. The van der Waals surface area contributed by atoms with Gasteiger partial charge < -0.3 is 10.6 Å². The number of hydrogen-bond acceptors (Lipinski definition) is 2. The lowest BCUT2D eigenvalue weighted by atomic mass is 9.78. The molecule has 1 aromatic carbocycles. The quantitative estimate of drug-likeness (QED) is 0.752. The van der Waals surface area contributed by atoms with Crippen molar-refractivity contribution in [3.05, 3.63) is 35.9 Å². The van der Waals surface area contributed by atoms with Gasteiger partial charge in [0.25, 0.3) is 0 Å². The predicted octanol–water partition coefficient (Wildman–Crippen LogP) is 2.23. The van der Waals surface area contributed by atoms with Crippen molar-refractivity contribution in [2.45, 2.75) is 37.3 Å². The van der Waals surface area contributed by atoms with Gasteiger partial charge in [0.05, 0.1) is 6.04 Å². The fourth-order valence-electron chi connectivity index (χ4n) is 3.36. The average Bonchev–Trinajstić information content (AvgIpc) is 2.80. The molecule has 2 aliphatic heterocycles. The van der Waals surface area contributed by atoms with Gasteiger partial charge in [-0.05, 0) is 44.3 Å². The SMILES string of the molecule is c1ccc(C2NCCCC23CCCN3)cc1. The van der Waals surface area contributed by atoms with Gasteiger partial charge in [-0.25, -0.2) is 0 Å². The standard InChI is InChI=1S/C14H20N2/c1-2-6-12(7-3-1)13-14(8-4-10-15-13)9-5-11-16-14/h1-3,6-7,13,15-16H,4-5,8-11H2. The van der Waals surface area contributed by atoms with Gasteiger partial charge in [-0.1, -0.05) is 30.3 Å². The zero-order valence-electron chi connectivity index (χ0n) is 9.71. The maximum Gasteiger partial charge on any atom is 0.0505 e. The second-order valence-electron chi connectivity index (χ2n) is 5.09. The van der Waals surface area contributed by atoms with Crippen LogP contribution in [-0.2, 0) is 0 Å². The molecule has 2 aliphatic rings. The molecule has 2 nitrogen and oxygen atoms in total. The van der Waals surface area contributed by atoms with E-state index in [0.29, 0.717) is 11.6 Å². The zero-order valence-corrected chi connectivity index (χ0v) is 9.71. The summed E-state index contributed by atoms with van der Waals surface area (Å²) in [5.74, 6) is 0. The lowest BCUT2D eigenvalue weighted by Gasteiger charge is -2.42. The molecule has 0 radical (unpaired) electrons. The molecule has 16 heavy (non-hydrogen) atoms. The molecule has 2 N–H and O–H groups in total. The smallest absolute Gasteiger partial charge is 0.0505 e. The van der Waals surface area contributed by atoms with Crippen LogP contribution in [0, 0.1) is 0 Å². The first-order valence-electron chi connectivity index (χ1n) is 6.44. The van der Waals surface area contributed by atoms with Gasteiger partial charge in [0, 0.05) is 5.54 Å². The van der Waals surface area contributed by atoms with Gasteiger partial charge >= 0.3 is 0 Å². The molecule has 3 rings (SSSR count). The van der Waals surface area contributed by atoms with Crippen LogP contribution in [0.25, 0.3) is 0 Å². The van der Waals surface area contributed by atoms with Crippen LogP contribution in [0.15, 0.2) is 30.3 Å². The Morgan fingerprint density at radius 1 is 1.00 bits per heavy atom. The number of nitrogens with one attached hydrogen (secondary N) is 2. The average molecular weight is 216 g/mol. The number of rotatable bonds is 1. The Morgan fingerprint density at radius 2 is 1.75 bits per heavy atom. The van der Waals surface area contributed by atoms with E-state index < -0.39 is 0 Å². The summed E-state index contributed by atoms with van der Waals surface area (Å²) in [6, 6.07) is 11.4. The van der Waals surface area contributed by atoms with Crippen LogP contribution in [0.1, 0.15) is 37.3 Å². The fraction of sp³-hybridized carbons (Fsp3) is 0.571. The molecule has 0 saturated carbocycles. The van der Waals surface area contributed by atoms with E-state index in [2.05, 4.69) is 41.0 Å². The minimum absolute atomic E-state index is 0.333. The molecule has 2 heteroatoms. The Hall–Kier alpha value is -0.860. The summed E-state index contributed by atoms with van der Waals surface area (Å²) < 4.78 is 0. The van der Waals surface area contributed by atoms with E-state index in [0.717, 1.165) is 6.54 Å². The van der Waals surface area contributed by atoms with Gasteiger partial charge in [-0.3, -0.25) is 0 Å². The Morgan fingerprint density at radius 3 is 2.50 bits per heavy atom. The van der Waals surface area contributed by atoms with E-state index in [9.17, 15) is 0 Å². The first kappa shape index (κ1) is 10.3. The zero-order chi connectivity index (χ0) is 10.8. The number of benzene rings is 1. The summed E-state index contributed by atoms with van der Waals surface area (Å²) in [4.78, 5) is 0. The van der Waals surface area contributed by atoms with Crippen molar-refractivity contribution >= 4 is 0 Å². The van der Waals surface area contributed by atoms with Crippen LogP contribution in [0.5, 0.6) is 0 Å². The molecule has 2 heterocycles. The number of hydrogen-bond donors (Lipinski definition) is 2. The van der Waals surface area contributed by atoms with Crippen molar-refractivity contribution in [1.29, 1.82) is 0 Å². The maximum absolute atomic E-state index is 3.76. The van der Waals surface area contributed by atoms with E-state index in [-0.39, 0.29) is 0 Å². The van der Waals surface area contributed by atoms with Crippen LogP contribution in [-0.4, -0.2) is 18.6 Å². The summed E-state index contributed by atoms with van der Waals surface area (Å²) >= 11 is 0. The predicted molar refractivity (Wildman–Crippen MR) is 66.4 cm³/mol. The van der Waals surface area contributed by atoms with Crippen LogP contribution >= 0.6 is 0 Å². The molecule has 2 atom stereocenters. The van der Waals surface area contributed by atoms with E-state index in [4.69, 9.17) is 0 Å². The Kier molecular flexibility index (Phi) is 2.70. The molecule has 86 valence electrons. The van der Waals surface area contributed by atoms with E-state index >= 15 is 0 Å². The minimum atomic E-state index is 0.333. The fourth-order valence-corrected chi connectivity index (χ4v) is 3.36. The molecule has 2 saturated heterocycles. The summed E-state index contributed by atoms with van der Waals surface area (Å²) in [5, 5.41) is 7.46. The van der Waals surface area contributed by atoms with Gasteiger partial charge in [0.1, 0.15) is 0 Å². The third-order valence-corrected chi connectivity index (χ3v) is 4.11. The summed E-state index contributed by atoms with van der Waals surface area (Å²) in [6.07, 6.45) is 5.26. The molecular formula is C14H20N2. The Labute approximate surface area is 97.4 Å². The van der Waals surface area contributed by atoms with Crippen LogP contribution in [0.2, 0.25) is 0 Å².